The van der Waals surface area contributed by atoms with Crippen molar-refractivity contribution in [2.75, 3.05) is 37.5 Å². The summed E-state index contributed by atoms with van der Waals surface area (Å²) in [5.41, 5.74) is 1.15. The van der Waals surface area contributed by atoms with Gasteiger partial charge in [-0.15, -0.1) is 0 Å². The highest BCUT2D eigenvalue weighted by atomic mass is 35.5. The number of aromatic nitrogens is 2. The van der Waals surface area contributed by atoms with Crippen LogP contribution in [0.25, 0.3) is 10.9 Å². The Bertz CT molecular complexity index is 1040. The summed E-state index contributed by atoms with van der Waals surface area (Å²) in [4.78, 5) is 1.97. The van der Waals surface area contributed by atoms with Crippen LogP contribution in [0.2, 0.25) is 5.02 Å². The Morgan fingerprint density at radius 2 is 1.93 bits per heavy atom. The van der Waals surface area contributed by atoms with Gasteiger partial charge in [0.1, 0.15) is 5.69 Å². The van der Waals surface area contributed by atoms with Crippen LogP contribution in [0.3, 0.4) is 0 Å². The van der Waals surface area contributed by atoms with Crippen molar-refractivity contribution in [3.63, 3.8) is 0 Å². The second kappa shape index (κ2) is 7.08. The van der Waals surface area contributed by atoms with E-state index in [-0.39, 0.29) is 23.1 Å². The van der Waals surface area contributed by atoms with E-state index in [9.17, 15) is 8.42 Å². The second-order valence-electron chi connectivity index (χ2n) is 8.30. The van der Waals surface area contributed by atoms with Gasteiger partial charge in [0.25, 0.3) is 0 Å². The van der Waals surface area contributed by atoms with E-state index in [2.05, 4.69) is 5.10 Å². The molecular weight excluding hydrogens is 419 g/mol. The summed E-state index contributed by atoms with van der Waals surface area (Å²) in [6.07, 6.45) is 6.41. The van der Waals surface area contributed by atoms with Crippen molar-refractivity contribution in [3.05, 3.63) is 23.1 Å². The van der Waals surface area contributed by atoms with Crippen molar-refractivity contribution in [2.45, 2.75) is 43.8 Å². The SMILES string of the molecule is CS(=O)(=O)N1C2CCC1CN(c1c(F)c(Cl)cc3cnn(C4CCCOC4)c13)C2. The number of nitrogens with zero attached hydrogens (tertiary/aromatic N) is 4. The van der Waals surface area contributed by atoms with Gasteiger partial charge in [0.15, 0.2) is 5.82 Å². The fourth-order valence-corrected chi connectivity index (χ4v) is 6.85. The molecule has 3 aliphatic heterocycles. The molecule has 7 nitrogen and oxygen atoms in total. The topological polar surface area (TPSA) is 67.7 Å². The normalized spacial score (nSPS) is 28.4. The molecule has 0 N–H and O–H groups in total. The van der Waals surface area contributed by atoms with Crippen LogP contribution in [0, 0.1) is 5.82 Å². The molecule has 3 fully saturated rings. The number of hydrogen-bond donors (Lipinski definition) is 0. The van der Waals surface area contributed by atoms with Crippen LogP contribution in [0.4, 0.5) is 10.1 Å². The van der Waals surface area contributed by atoms with Crippen molar-refractivity contribution in [1.82, 2.24) is 14.1 Å². The van der Waals surface area contributed by atoms with E-state index in [0.717, 1.165) is 43.2 Å². The molecule has 0 spiro atoms. The van der Waals surface area contributed by atoms with Crippen LogP contribution in [0.1, 0.15) is 31.7 Å². The lowest BCUT2D eigenvalue weighted by atomic mass is 10.1. The van der Waals surface area contributed by atoms with Crippen molar-refractivity contribution in [3.8, 4) is 0 Å². The molecule has 1 aromatic carbocycles. The predicted molar refractivity (Wildman–Crippen MR) is 109 cm³/mol. The average molecular weight is 443 g/mol. The number of benzene rings is 1. The van der Waals surface area contributed by atoms with E-state index < -0.39 is 15.8 Å². The zero-order valence-electron chi connectivity index (χ0n) is 16.2. The largest absolute Gasteiger partial charge is 0.379 e. The first-order valence-electron chi connectivity index (χ1n) is 10.0. The van der Waals surface area contributed by atoms with E-state index in [1.165, 1.54) is 6.26 Å². The molecule has 29 heavy (non-hydrogen) atoms. The Balaban J connectivity index is 1.60. The Labute approximate surface area is 174 Å². The summed E-state index contributed by atoms with van der Waals surface area (Å²) in [7, 11) is -3.29. The van der Waals surface area contributed by atoms with Gasteiger partial charge in [0, 0.05) is 37.2 Å². The van der Waals surface area contributed by atoms with Crippen LogP contribution in [0.5, 0.6) is 0 Å². The molecule has 3 saturated heterocycles. The quantitative estimate of drug-likeness (QED) is 0.731. The zero-order chi connectivity index (χ0) is 20.3. The number of ether oxygens (including phenoxy) is 1. The molecule has 158 valence electrons. The minimum absolute atomic E-state index is 0.0506. The van der Waals surface area contributed by atoms with E-state index in [1.54, 1.807) is 16.6 Å². The number of anilines is 1. The molecule has 3 atom stereocenters. The summed E-state index contributed by atoms with van der Waals surface area (Å²) >= 11 is 6.23. The fourth-order valence-electron chi connectivity index (χ4n) is 5.21. The molecule has 5 rings (SSSR count). The Hall–Kier alpha value is -1.42. The molecule has 0 amide bonds. The number of hydrogen-bond acceptors (Lipinski definition) is 5. The van der Waals surface area contributed by atoms with Gasteiger partial charge in [-0.25, -0.2) is 12.8 Å². The van der Waals surface area contributed by atoms with Crippen LogP contribution >= 0.6 is 11.6 Å². The summed E-state index contributed by atoms with van der Waals surface area (Å²) in [6, 6.07) is 1.37. The lowest BCUT2D eigenvalue weighted by molar-refractivity contribution is 0.0565. The highest BCUT2D eigenvalue weighted by Gasteiger charge is 2.45. The Morgan fingerprint density at radius 3 is 2.55 bits per heavy atom. The average Bonchev–Trinajstić information content (AvgIpc) is 3.22. The highest BCUT2D eigenvalue weighted by Crippen LogP contribution is 2.41. The number of piperazine rings is 1. The lowest BCUT2D eigenvalue weighted by Crippen LogP contribution is -2.55. The third-order valence-corrected chi connectivity index (χ3v) is 7.98. The van der Waals surface area contributed by atoms with Gasteiger partial charge < -0.3 is 9.64 Å². The van der Waals surface area contributed by atoms with E-state index in [1.807, 2.05) is 9.58 Å². The predicted octanol–water partition coefficient (Wildman–Crippen LogP) is 2.79. The fraction of sp³-hybridized carbons (Fsp3) is 0.632. The molecule has 1 aromatic heterocycles. The maximum absolute atomic E-state index is 15.4. The number of rotatable bonds is 3. The van der Waals surface area contributed by atoms with Gasteiger partial charge in [-0.1, -0.05) is 11.6 Å². The van der Waals surface area contributed by atoms with E-state index >= 15 is 4.39 Å². The van der Waals surface area contributed by atoms with E-state index in [0.29, 0.717) is 25.4 Å². The molecule has 4 heterocycles. The van der Waals surface area contributed by atoms with Crippen LogP contribution in [-0.4, -0.2) is 67.1 Å². The maximum Gasteiger partial charge on any atom is 0.211 e. The molecule has 3 aliphatic rings. The minimum Gasteiger partial charge on any atom is -0.379 e. The van der Waals surface area contributed by atoms with Gasteiger partial charge in [0.05, 0.1) is 35.6 Å². The third-order valence-electron chi connectivity index (χ3n) is 6.34. The van der Waals surface area contributed by atoms with Gasteiger partial charge in [-0.3, -0.25) is 4.68 Å². The summed E-state index contributed by atoms with van der Waals surface area (Å²) in [5, 5.41) is 5.39. The zero-order valence-corrected chi connectivity index (χ0v) is 17.8. The Kier molecular flexibility index (Phi) is 4.77. The molecule has 3 unspecified atom stereocenters. The summed E-state index contributed by atoms with van der Waals surface area (Å²) in [5.74, 6) is -0.468. The molecule has 2 aromatic rings. The Morgan fingerprint density at radius 1 is 1.21 bits per heavy atom. The smallest absolute Gasteiger partial charge is 0.211 e. The maximum atomic E-state index is 15.4. The molecule has 0 radical (unpaired) electrons. The van der Waals surface area contributed by atoms with Crippen LogP contribution < -0.4 is 4.90 Å². The standard InChI is InChI=1S/C19H24ClFN4O3S/c1-29(26,27)25-13-4-5-14(25)10-23(9-13)19-17(21)16(20)7-12-8-22-24(18(12)19)15-3-2-6-28-11-15/h7-8,13-15H,2-6,9-11H2,1H3. The lowest BCUT2D eigenvalue weighted by Gasteiger charge is -2.41. The van der Waals surface area contributed by atoms with Crippen molar-refractivity contribution >= 4 is 38.2 Å². The third kappa shape index (κ3) is 3.22. The molecular formula is C19H24ClFN4O3S. The second-order valence-corrected chi connectivity index (χ2v) is 10.6. The molecule has 10 heteroatoms. The number of halogens is 2. The van der Waals surface area contributed by atoms with Crippen LogP contribution in [-0.2, 0) is 14.8 Å². The van der Waals surface area contributed by atoms with Crippen molar-refractivity contribution in [1.29, 1.82) is 0 Å². The van der Waals surface area contributed by atoms with E-state index in [4.69, 9.17) is 16.3 Å². The highest BCUT2D eigenvalue weighted by molar-refractivity contribution is 7.88. The van der Waals surface area contributed by atoms with Gasteiger partial charge in [0.2, 0.25) is 10.0 Å². The van der Waals surface area contributed by atoms with Gasteiger partial charge >= 0.3 is 0 Å². The molecule has 0 aliphatic carbocycles. The first-order chi connectivity index (χ1) is 13.8. The molecule has 2 bridgehead atoms. The number of sulfonamides is 1. The first-order valence-corrected chi connectivity index (χ1v) is 12.2. The van der Waals surface area contributed by atoms with Crippen molar-refractivity contribution < 1.29 is 17.5 Å². The number of fused-ring (bicyclic) bond motifs is 3. The minimum atomic E-state index is -3.29. The first kappa shape index (κ1) is 19.5. The van der Waals surface area contributed by atoms with Crippen LogP contribution in [0.15, 0.2) is 12.3 Å². The van der Waals surface area contributed by atoms with Crippen molar-refractivity contribution in [2.24, 2.45) is 0 Å². The monoisotopic (exact) mass is 442 g/mol. The van der Waals surface area contributed by atoms with Gasteiger partial charge in [-0.05, 0) is 31.7 Å². The summed E-state index contributed by atoms with van der Waals surface area (Å²) in [6.45, 7) is 2.18. The van der Waals surface area contributed by atoms with Gasteiger partial charge in [-0.2, -0.15) is 9.40 Å². The summed E-state index contributed by atoms with van der Waals surface area (Å²) < 4.78 is 48.9. The molecule has 0 saturated carbocycles.